The topological polar surface area (TPSA) is 68.5 Å². The fraction of sp³-hybridized carbons (Fsp3) is 0.316. The van der Waals surface area contributed by atoms with E-state index in [0.29, 0.717) is 6.54 Å². The predicted molar refractivity (Wildman–Crippen MR) is 96.2 cm³/mol. The monoisotopic (exact) mass is 338 g/mol. The standard InChI is InChI=1S/C19H22N4O2/c1-13-10-14(17-16-6-5-9-23(16)22-12-21-17)7-8-15(13)11-20-18(24)25-19(2,3)4/h5-10,12H,11H2,1-4H3,(H,20,24). The Morgan fingerprint density at radius 1 is 1.28 bits per heavy atom. The molecule has 0 spiro atoms. The molecule has 6 heteroatoms. The van der Waals surface area contributed by atoms with Gasteiger partial charge in [0.25, 0.3) is 0 Å². The van der Waals surface area contributed by atoms with Gasteiger partial charge in [0.15, 0.2) is 0 Å². The fourth-order valence-corrected chi connectivity index (χ4v) is 2.61. The zero-order chi connectivity index (χ0) is 18.0. The quantitative estimate of drug-likeness (QED) is 0.790. The minimum absolute atomic E-state index is 0.415. The number of alkyl carbamates (subject to hydrolysis) is 1. The molecule has 130 valence electrons. The molecule has 6 nitrogen and oxygen atoms in total. The van der Waals surface area contributed by atoms with Gasteiger partial charge in [0, 0.05) is 18.3 Å². The highest BCUT2D eigenvalue weighted by Crippen LogP contribution is 2.24. The van der Waals surface area contributed by atoms with Gasteiger partial charge in [-0.3, -0.25) is 0 Å². The van der Waals surface area contributed by atoms with Crippen molar-refractivity contribution >= 4 is 11.6 Å². The van der Waals surface area contributed by atoms with E-state index in [0.717, 1.165) is 27.9 Å². The van der Waals surface area contributed by atoms with Crippen LogP contribution in [0.1, 0.15) is 31.9 Å². The maximum absolute atomic E-state index is 11.8. The van der Waals surface area contributed by atoms with Crippen molar-refractivity contribution in [3.05, 3.63) is 54.0 Å². The third-order valence-electron chi connectivity index (χ3n) is 3.77. The molecule has 0 saturated carbocycles. The van der Waals surface area contributed by atoms with Crippen LogP contribution in [0.3, 0.4) is 0 Å². The van der Waals surface area contributed by atoms with Gasteiger partial charge in [-0.15, -0.1) is 0 Å². The number of carbonyl (C=O) groups excluding carboxylic acids is 1. The Kier molecular flexibility index (Phi) is 4.44. The summed E-state index contributed by atoms with van der Waals surface area (Å²) in [7, 11) is 0. The number of rotatable bonds is 3. The van der Waals surface area contributed by atoms with Crippen molar-refractivity contribution in [3.8, 4) is 11.3 Å². The van der Waals surface area contributed by atoms with E-state index in [4.69, 9.17) is 4.74 Å². The summed E-state index contributed by atoms with van der Waals surface area (Å²) in [5.41, 5.74) is 4.48. The van der Waals surface area contributed by atoms with E-state index in [1.54, 1.807) is 10.8 Å². The highest BCUT2D eigenvalue weighted by molar-refractivity contribution is 5.77. The SMILES string of the molecule is Cc1cc(-c2ncnn3cccc23)ccc1CNC(=O)OC(C)(C)C. The number of amides is 1. The van der Waals surface area contributed by atoms with Crippen LogP contribution < -0.4 is 5.32 Å². The molecule has 2 aromatic heterocycles. The number of hydrogen-bond acceptors (Lipinski definition) is 4. The van der Waals surface area contributed by atoms with E-state index in [-0.39, 0.29) is 0 Å². The minimum atomic E-state index is -0.501. The normalized spacial score (nSPS) is 11.5. The lowest BCUT2D eigenvalue weighted by molar-refractivity contribution is 0.0523. The van der Waals surface area contributed by atoms with Crippen LogP contribution in [-0.2, 0) is 11.3 Å². The van der Waals surface area contributed by atoms with Crippen molar-refractivity contribution in [2.75, 3.05) is 0 Å². The zero-order valence-corrected chi connectivity index (χ0v) is 14.9. The van der Waals surface area contributed by atoms with Crippen LogP contribution in [0.2, 0.25) is 0 Å². The van der Waals surface area contributed by atoms with Gasteiger partial charge < -0.3 is 10.1 Å². The molecule has 0 radical (unpaired) electrons. The first-order valence-electron chi connectivity index (χ1n) is 8.18. The Balaban J connectivity index is 1.77. The highest BCUT2D eigenvalue weighted by atomic mass is 16.6. The van der Waals surface area contributed by atoms with E-state index in [1.165, 1.54) is 0 Å². The van der Waals surface area contributed by atoms with Gasteiger partial charge >= 0.3 is 6.09 Å². The molecule has 1 aromatic carbocycles. The molecule has 2 heterocycles. The molecule has 0 aliphatic heterocycles. The van der Waals surface area contributed by atoms with E-state index >= 15 is 0 Å². The Labute approximate surface area is 146 Å². The number of fused-ring (bicyclic) bond motifs is 1. The second-order valence-corrected chi connectivity index (χ2v) is 6.94. The molecule has 1 amide bonds. The second-order valence-electron chi connectivity index (χ2n) is 6.94. The van der Waals surface area contributed by atoms with Crippen molar-refractivity contribution in [2.24, 2.45) is 0 Å². The lowest BCUT2D eigenvalue weighted by atomic mass is 10.0. The number of benzene rings is 1. The summed E-state index contributed by atoms with van der Waals surface area (Å²) in [6.45, 7) is 7.97. The van der Waals surface area contributed by atoms with Crippen molar-refractivity contribution in [3.63, 3.8) is 0 Å². The first kappa shape index (κ1) is 17.0. The summed E-state index contributed by atoms with van der Waals surface area (Å²) < 4.78 is 7.06. The third kappa shape index (κ3) is 3.96. The number of hydrogen-bond donors (Lipinski definition) is 1. The van der Waals surface area contributed by atoms with Gasteiger partial charge in [-0.2, -0.15) is 5.10 Å². The number of aromatic nitrogens is 3. The Hall–Kier alpha value is -2.89. The van der Waals surface area contributed by atoms with Gasteiger partial charge in [-0.25, -0.2) is 14.3 Å². The summed E-state index contributed by atoms with van der Waals surface area (Å²) in [6.07, 6.45) is 3.03. The first-order valence-corrected chi connectivity index (χ1v) is 8.18. The third-order valence-corrected chi connectivity index (χ3v) is 3.77. The molecule has 25 heavy (non-hydrogen) atoms. The largest absolute Gasteiger partial charge is 0.444 e. The van der Waals surface area contributed by atoms with Crippen LogP contribution in [0.15, 0.2) is 42.9 Å². The first-order chi connectivity index (χ1) is 11.8. The molecule has 0 fully saturated rings. The number of ether oxygens (including phenoxy) is 1. The Morgan fingerprint density at radius 3 is 2.80 bits per heavy atom. The average molecular weight is 338 g/mol. The molecule has 0 aliphatic carbocycles. The number of carbonyl (C=O) groups is 1. The van der Waals surface area contributed by atoms with Crippen LogP contribution in [0.25, 0.3) is 16.8 Å². The molecule has 0 unspecified atom stereocenters. The average Bonchev–Trinajstić information content (AvgIpc) is 3.00. The van der Waals surface area contributed by atoms with Gasteiger partial charge in [0.2, 0.25) is 0 Å². The zero-order valence-electron chi connectivity index (χ0n) is 14.9. The number of nitrogens with one attached hydrogen (secondary N) is 1. The molecule has 3 rings (SSSR count). The molecule has 1 N–H and O–H groups in total. The van der Waals surface area contributed by atoms with E-state index in [2.05, 4.69) is 21.5 Å². The lowest BCUT2D eigenvalue weighted by Gasteiger charge is -2.20. The van der Waals surface area contributed by atoms with Crippen LogP contribution in [0.5, 0.6) is 0 Å². The predicted octanol–water partition coefficient (Wildman–Crippen LogP) is 3.73. The second kappa shape index (κ2) is 6.55. The van der Waals surface area contributed by atoms with Gasteiger partial charge in [0.05, 0.1) is 11.2 Å². The summed E-state index contributed by atoms with van der Waals surface area (Å²) in [4.78, 5) is 16.2. The van der Waals surface area contributed by atoms with Gasteiger partial charge in [-0.1, -0.05) is 12.1 Å². The Morgan fingerprint density at radius 2 is 2.08 bits per heavy atom. The van der Waals surface area contributed by atoms with E-state index < -0.39 is 11.7 Å². The highest BCUT2D eigenvalue weighted by Gasteiger charge is 2.16. The molecule has 0 aliphatic rings. The van der Waals surface area contributed by atoms with Crippen molar-refractivity contribution in [1.82, 2.24) is 19.9 Å². The van der Waals surface area contributed by atoms with E-state index in [1.807, 2.05) is 58.2 Å². The maximum Gasteiger partial charge on any atom is 0.407 e. The van der Waals surface area contributed by atoms with Crippen molar-refractivity contribution in [2.45, 2.75) is 39.8 Å². The maximum atomic E-state index is 11.8. The smallest absolute Gasteiger partial charge is 0.407 e. The molecular formula is C19H22N4O2. The van der Waals surface area contributed by atoms with Crippen LogP contribution in [-0.4, -0.2) is 26.3 Å². The molecular weight excluding hydrogens is 316 g/mol. The molecule has 0 saturated heterocycles. The van der Waals surface area contributed by atoms with Crippen LogP contribution >= 0.6 is 0 Å². The molecule has 0 bridgehead atoms. The fourth-order valence-electron chi connectivity index (χ4n) is 2.61. The number of aryl methyl sites for hydroxylation is 1. The van der Waals surface area contributed by atoms with Gasteiger partial charge in [-0.05, 0) is 57.0 Å². The minimum Gasteiger partial charge on any atom is -0.444 e. The van der Waals surface area contributed by atoms with Crippen LogP contribution in [0, 0.1) is 6.92 Å². The van der Waals surface area contributed by atoms with Crippen LogP contribution in [0.4, 0.5) is 4.79 Å². The summed E-state index contributed by atoms with van der Waals surface area (Å²) in [5, 5.41) is 6.98. The van der Waals surface area contributed by atoms with Crippen molar-refractivity contribution in [1.29, 1.82) is 0 Å². The lowest BCUT2D eigenvalue weighted by Crippen LogP contribution is -2.32. The summed E-state index contributed by atoms with van der Waals surface area (Å²) in [5.74, 6) is 0. The van der Waals surface area contributed by atoms with Crippen molar-refractivity contribution < 1.29 is 9.53 Å². The Bertz CT molecular complexity index is 909. The van der Waals surface area contributed by atoms with Gasteiger partial charge in [0.1, 0.15) is 11.9 Å². The number of nitrogens with zero attached hydrogens (tertiary/aromatic N) is 3. The molecule has 0 atom stereocenters. The summed E-state index contributed by atoms with van der Waals surface area (Å²) >= 11 is 0. The summed E-state index contributed by atoms with van der Waals surface area (Å²) in [6, 6.07) is 10.0. The van der Waals surface area contributed by atoms with E-state index in [9.17, 15) is 4.79 Å². The molecule has 3 aromatic rings.